The zero-order valence-electron chi connectivity index (χ0n) is 38.3. The lowest BCUT2D eigenvalue weighted by molar-refractivity contribution is -0.302. The number of carbonyl (C=O) groups is 1. The number of aliphatic hydroxyl groups excluding tert-OH is 5. The lowest BCUT2D eigenvalue weighted by Gasteiger charge is -2.40. The predicted octanol–water partition coefficient (Wildman–Crippen LogP) is 11.1. The van der Waals surface area contributed by atoms with Gasteiger partial charge in [0.15, 0.2) is 6.29 Å². The number of nitrogens with one attached hydrogen (secondary N) is 1. The van der Waals surface area contributed by atoms with E-state index in [1.54, 1.807) is 6.08 Å². The molecular weight excluding hydrogens is 743 g/mol. The first kappa shape index (κ1) is 55.7. The molecule has 9 nitrogen and oxygen atoms in total. The zero-order chi connectivity index (χ0) is 43.0. The maximum absolute atomic E-state index is 12.9. The van der Waals surface area contributed by atoms with E-state index in [1.165, 1.54) is 154 Å². The van der Waals surface area contributed by atoms with Crippen LogP contribution in [0, 0.1) is 0 Å². The van der Waals surface area contributed by atoms with Gasteiger partial charge in [0.25, 0.3) is 0 Å². The summed E-state index contributed by atoms with van der Waals surface area (Å²) < 4.78 is 11.2. The van der Waals surface area contributed by atoms with E-state index in [9.17, 15) is 30.3 Å². The van der Waals surface area contributed by atoms with Crippen molar-refractivity contribution in [3.05, 3.63) is 24.3 Å². The Morgan fingerprint density at radius 3 is 1.41 bits per heavy atom. The summed E-state index contributed by atoms with van der Waals surface area (Å²) in [5, 5.41) is 54.2. The molecule has 1 rings (SSSR count). The number of ether oxygens (including phenoxy) is 2. The van der Waals surface area contributed by atoms with Crippen molar-refractivity contribution < 1.29 is 39.8 Å². The molecule has 0 aromatic heterocycles. The summed E-state index contributed by atoms with van der Waals surface area (Å²) in [7, 11) is 0. The monoisotopic (exact) mass is 838 g/mol. The first-order valence-corrected chi connectivity index (χ1v) is 25.1. The van der Waals surface area contributed by atoms with Crippen molar-refractivity contribution in [1.29, 1.82) is 0 Å². The zero-order valence-corrected chi connectivity index (χ0v) is 38.3. The standard InChI is InChI=1S/C50H95NO8/c1-3-5-7-9-11-13-15-17-18-19-20-21-22-23-24-25-26-27-28-29-31-33-35-37-39-44(53)43(42-58-50-49(57)48(56)47(55)45(41-52)59-50)51-46(54)40-38-36-34-32-30-16-14-12-10-8-6-4-2/h12,14,37,39,43-45,47-50,52-53,55-57H,3-11,13,15-36,38,40-42H2,1-2H3,(H,51,54)/b14-12-,39-37+. The van der Waals surface area contributed by atoms with Gasteiger partial charge in [-0.05, 0) is 44.9 Å². The molecule has 1 amide bonds. The van der Waals surface area contributed by atoms with Gasteiger partial charge in [-0.1, -0.05) is 205 Å². The van der Waals surface area contributed by atoms with Crippen LogP contribution in [0.4, 0.5) is 0 Å². The van der Waals surface area contributed by atoms with Crippen molar-refractivity contribution in [2.75, 3.05) is 13.2 Å². The van der Waals surface area contributed by atoms with Crippen LogP contribution in [-0.4, -0.2) is 87.5 Å². The molecule has 0 aromatic carbocycles. The van der Waals surface area contributed by atoms with Gasteiger partial charge in [0.2, 0.25) is 5.91 Å². The molecule has 0 aromatic rings. The molecule has 1 aliphatic heterocycles. The molecule has 0 aliphatic carbocycles. The minimum absolute atomic E-state index is 0.186. The first-order chi connectivity index (χ1) is 28.8. The lowest BCUT2D eigenvalue weighted by atomic mass is 9.99. The molecule has 0 radical (unpaired) electrons. The second-order valence-electron chi connectivity index (χ2n) is 17.6. The third kappa shape index (κ3) is 31.2. The van der Waals surface area contributed by atoms with Crippen LogP contribution >= 0.6 is 0 Å². The van der Waals surface area contributed by atoms with E-state index in [0.29, 0.717) is 6.42 Å². The Kier molecular flexibility index (Phi) is 38.4. The normalized spacial score (nSPS) is 20.8. The van der Waals surface area contributed by atoms with Gasteiger partial charge in [-0.2, -0.15) is 0 Å². The van der Waals surface area contributed by atoms with E-state index < -0.39 is 49.5 Å². The summed E-state index contributed by atoms with van der Waals surface area (Å²) in [4.78, 5) is 12.9. The highest BCUT2D eigenvalue weighted by Gasteiger charge is 2.44. The van der Waals surface area contributed by atoms with Gasteiger partial charge >= 0.3 is 0 Å². The van der Waals surface area contributed by atoms with Crippen molar-refractivity contribution in [1.82, 2.24) is 5.32 Å². The number of rotatable bonds is 42. The number of hydrogen-bond acceptors (Lipinski definition) is 8. The number of hydrogen-bond donors (Lipinski definition) is 6. The van der Waals surface area contributed by atoms with E-state index in [0.717, 1.165) is 57.8 Å². The van der Waals surface area contributed by atoms with Gasteiger partial charge in [0.1, 0.15) is 24.4 Å². The molecule has 0 bridgehead atoms. The number of allylic oxidation sites excluding steroid dienone is 3. The molecule has 1 saturated heterocycles. The van der Waals surface area contributed by atoms with Gasteiger partial charge in [-0.25, -0.2) is 0 Å². The Bertz CT molecular complexity index is 977. The Balaban J connectivity index is 2.26. The summed E-state index contributed by atoms with van der Waals surface area (Å²) in [5.74, 6) is -0.186. The molecule has 7 unspecified atom stereocenters. The average Bonchev–Trinajstić information content (AvgIpc) is 3.23. The molecule has 0 saturated carbocycles. The summed E-state index contributed by atoms with van der Waals surface area (Å²) >= 11 is 0. The Morgan fingerprint density at radius 2 is 0.949 bits per heavy atom. The van der Waals surface area contributed by atoms with Gasteiger partial charge in [0, 0.05) is 6.42 Å². The summed E-state index contributed by atoms with van der Waals surface area (Å²) in [6.45, 7) is 3.75. The van der Waals surface area contributed by atoms with Gasteiger partial charge < -0.3 is 40.3 Å². The van der Waals surface area contributed by atoms with Crippen molar-refractivity contribution >= 4 is 5.91 Å². The van der Waals surface area contributed by atoms with Gasteiger partial charge in [-0.3, -0.25) is 4.79 Å². The maximum Gasteiger partial charge on any atom is 0.220 e. The first-order valence-electron chi connectivity index (χ1n) is 25.1. The van der Waals surface area contributed by atoms with Crippen LogP contribution in [0.2, 0.25) is 0 Å². The Morgan fingerprint density at radius 1 is 0.559 bits per heavy atom. The molecule has 9 heteroatoms. The minimum Gasteiger partial charge on any atom is -0.394 e. The van der Waals surface area contributed by atoms with Crippen molar-refractivity contribution in [2.45, 2.75) is 275 Å². The van der Waals surface area contributed by atoms with Crippen LogP contribution < -0.4 is 5.32 Å². The van der Waals surface area contributed by atoms with E-state index in [1.807, 2.05) is 6.08 Å². The van der Waals surface area contributed by atoms with E-state index in [4.69, 9.17) is 9.47 Å². The van der Waals surface area contributed by atoms with E-state index in [2.05, 4.69) is 31.3 Å². The van der Waals surface area contributed by atoms with Crippen LogP contribution in [0.15, 0.2) is 24.3 Å². The summed E-state index contributed by atoms with van der Waals surface area (Å²) in [6.07, 6.45) is 42.4. The fourth-order valence-electron chi connectivity index (χ4n) is 7.97. The molecule has 1 heterocycles. The second-order valence-corrected chi connectivity index (χ2v) is 17.6. The molecule has 1 fully saturated rings. The van der Waals surface area contributed by atoms with Gasteiger partial charge in [0.05, 0.1) is 25.4 Å². The number of aliphatic hydroxyl groups is 5. The Hall–Kier alpha value is -1.33. The molecule has 6 N–H and O–H groups in total. The Labute approximate surface area is 362 Å². The van der Waals surface area contributed by atoms with Crippen molar-refractivity contribution in [3.63, 3.8) is 0 Å². The van der Waals surface area contributed by atoms with Crippen molar-refractivity contribution in [3.8, 4) is 0 Å². The second kappa shape index (κ2) is 40.7. The molecule has 348 valence electrons. The molecule has 1 aliphatic rings. The average molecular weight is 838 g/mol. The van der Waals surface area contributed by atoms with Crippen LogP contribution in [0.25, 0.3) is 0 Å². The number of amides is 1. The number of carbonyl (C=O) groups excluding carboxylic acids is 1. The largest absolute Gasteiger partial charge is 0.394 e. The van der Waals surface area contributed by atoms with E-state index >= 15 is 0 Å². The molecular formula is C50H95NO8. The highest BCUT2D eigenvalue weighted by atomic mass is 16.7. The van der Waals surface area contributed by atoms with Crippen LogP contribution in [-0.2, 0) is 14.3 Å². The third-order valence-corrected chi connectivity index (χ3v) is 12.0. The highest BCUT2D eigenvalue weighted by molar-refractivity contribution is 5.76. The highest BCUT2D eigenvalue weighted by Crippen LogP contribution is 2.23. The van der Waals surface area contributed by atoms with Crippen LogP contribution in [0.3, 0.4) is 0 Å². The molecule has 0 spiro atoms. The predicted molar refractivity (Wildman–Crippen MR) is 244 cm³/mol. The molecule has 7 atom stereocenters. The lowest BCUT2D eigenvalue weighted by Crippen LogP contribution is -2.60. The summed E-state index contributed by atoms with van der Waals surface area (Å²) in [6, 6.07) is -0.806. The minimum atomic E-state index is -1.57. The van der Waals surface area contributed by atoms with Crippen LogP contribution in [0.1, 0.15) is 232 Å². The van der Waals surface area contributed by atoms with Gasteiger partial charge in [-0.15, -0.1) is 0 Å². The summed E-state index contributed by atoms with van der Waals surface area (Å²) in [5.41, 5.74) is 0. The SMILES string of the molecule is CCCCC/C=C\CCCCCCCC(=O)NC(COC1OC(CO)C(O)C(O)C1O)C(O)/C=C/CCCCCCCCCCCCCCCCCCCCCCCC. The third-order valence-electron chi connectivity index (χ3n) is 12.0. The smallest absolute Gasteiger partial charge is 0.220 e. The maximum atomic E-state index is 12.9. The quantitative estimate of drug-likeness (QED) is 0.0263. The number of unbranched alkanes of at least 4 members (excludes halogenated alkanes) is 30. The fourth-order valence-corrected chi connectivity index (χ4v) is 7.97. The van der Waals surface area contributed by atoms with Crippen LogP contribution in [0.5, 0.6) is 0 Å². The topological polar surface area (TPSA) is 149 Å². The van der Waals surface area contributed by atoms with Crippen molar-refractivity contribution in [2.24, 2.45) is 0 Å². The molecule has 59 heavy (non-hydrogen) atoms. The fraction of sp³-hybridized carbons (Fsp3) is 0.900. The van der Waals surface area contributed by atoms with E-state index in [-0.39, 0.29) is 12.5 Å².